The SMILES string of the molecule is CCOC(=O)c1c(C)[nH]c(N=Nc2ccc3c(c2)OCCO3)c1C. The standard InChI is InChI=1S/C17H19N3O4/c1-4-22-17(21)15-10(2)16(18-11(15)3)20-19-12-5-6-13-14(9-12)24-8-7-23-13/h5-6,9,18H,4,7-8H2,1-3H3. The number of carbonyl (C=O) groups is 1. The van der Waals surface area contributed by atoms with Gasteiger partial charge in [0.2, 0.25) is 0 Å². The van der Waals surface area contributed by atoms with E-state index in [0.29, 0.717) is 59.6 Å². The third-order valence-corrected chi connectivity index (χ3v) is 3.68. The highest BCUT2D eigenvalue weighted by Crippen LogP contribution is 2.34. The summed E-state index contributed by atoms with van der Waals surface area (Å²) in [6.45, 7) is 6.79. The van der Waals surface area contributed by atoms with Crippen LogP contribution in [-0.2, 0) is 4.74 Å². The molecule has 2 aromatic rings. The molecule has 7 heteroatoms. The van der Waals surface area contributed by atoms with Crippen molar-refractivity contribution in [1.29, 1.82) is 0 Å². The van der Waals surface area contributed by atoms with Gasteiger partial charge >= 0.3 is 5.97 Å². The second kappa shape index (κ2) is 6.74. The Morgan fingerprint density at radius 2 is 1.96 bits per heavy atom. The van der Waals surface area contributed by atoms with Crippen LogP contribution in [0.3, 0.4) is 0 Å². The van der Waals surface area contributed by atoms with E-state index in [0.717, 1.165) is 0 Å². The molecule has 1 aromatic carbocycles. The molecule has 2 heterocycles. The molecule has 126 valence electrons. The van der Waals surface area contributed by atoms with E-state index in [1.54, 1.807) is 25.1 Å². The predicted molar refractivity (Wildman–Crippen MR) is 87.8 cm³/mol. The third-order valence-electron chi connectivity index (χ3n) is 3.68. The zero-order valence-electron chi connectivity index (χ0n) is 13.9. The average Bonchev–Trinajstić information content (AvgIpc) is 2.87. The summed E-state index contributed by atoms with van der Waals surface area (Å²) in [5.41, 5.74) is 2.57. The van der Waals surface area contributed by atoms with E-state index in [-0.39, 0.29) is 5.97 Å². The molecule has 0 spiro atoms. The molecule has 0 saturated heterocycles. The molecule has 1 aliphatic heterocycles. The fraction of sp³-hybridized carbons (Fsp3) is 0.353. The zero-order valence-corrected chi connectivity index (χ0v) is 13.9. The summed E-state index contributed by atoms with van der Waals surface area (Å²) >= 11 is 0. The first kappa shape index (κ1) is 16.0. The smallest absolute Gasteiger partial charge is 0.340 e. The molecule has 1 aliphatic rings. The summed E-state index contributed by atoms with van der Waals surface area (Å²) in [6, 6.07) is 5.38. The fourth-order valence-electron chi connectivity index (χ4n) is 2.54. The molecule has 3 rings (SSSR count). The number of aryl methyl sites for hydroxylation is 1. The average molecular weight is 329 g/mol. The monoisotopic (exact) mass is 329 g/mol. The fourth-order valence-corrected chi connectivity index (χ4v) is 2.54. The van der Waals surface area contributed by atoms with Gasteiger partial charge in [0, 0.05) is 17.3 Å². The molecule has 1 aromatic heterocycles. The van der Waals surface area contributed by atoms with Gasteiger partial charge in [-0.1, -0.05) is 0 Å². The number of carbonyl (C=O) groups excluding carboxylic acids is 1. The van der Waals surface area contributed by atoms with Crippen LogP contribution >= 0.6 is 0 Å². The quantitative estimate of drug-likeness (QED) is 0.679. The second-order valence-corrected chi connectivity index (χ2v) is 5.35. The number of hydrogen-bond acceptors (Lipinski definition) is 6. The molecule has 0 fully saturated rings. The number of fused-ring (bicyclic) bond motifs is 1. The van der Waals surface area contributed by atoms with Gasteiger partial charge in [-0.25, -0.2) is 4.79 Å². The molecular formula is C17H19N3O4. The predicted octanol–water partition coefficient (Wildman–Crippen LogP) is 3.99. The molecule has 7 nitrogen and oxygen atoms in total. The molecule has 0 aliphatic carbocycles. The van der Waals surface area contributed by atoms with Crippen molar-refractivity contribution in [3.63, 3.8) is 0 Å². The molecule has 0 bridgehead atoms. The number of benzene rings is 1. The summed E-state index contributed by atoms with van der Waals surface area (Å²) in [5, 5.41) is 8.43. The molecular weight excluding hydrogens is 310 g/mol. The maximum absolute atomic E-state index is 12.0. The lowest BCUT2D eigenvalue weighted by molar-refractivity contribution is 0.0525. The Bertz CT molecular complexity index is 795. The van der Waals surface area contributed by atoms with Crippen LogP contribution in [0.4, 0.5) is 11.5 Å². The zero-order chi connectivity index (χ0) is 17.1. The topological polar surface area (TPSA) is 85.3 Å². The number of H-pyrrole nitrogens is 1. The second-order valence-electron chi connectivity index (χ2n) is 5.35. The van der Waals surface area contributed by atoms with E-state index in [4.69, 9.17) is 14.2 Å². The minimum Gasteiger partial charge on any atom is -0.486 e. The molecule has 0 saturated carbocycles. The summed E-state index contributed by atoms with van der Waals surface area (Å²) < 4.78 is 16.1. The number of ether oxygens (including phenoxy) is 3. The highest BCUT2D eigenvalue weighted by molar-refractivity contribution is 5.94. The van der Waals surface area contributed by atoms with Gasteiger partial charge in [0.15, 0.2) is 17.3 Å². The van der Waals surface area contributed by atoms with E-state index < -0.39 is 0 Å². The van der Waals surface area contributed by atoms with Gasteiger partial charge in [-0.2, -0.15) is 0 Å². The Morgan fingerprint density at radius 3 is 2.71 bits per heavy atom. The van der Waals surface area contributed by atoms with E-state index in [1.165, 1.54) is 0 Å². The summed E-state index contributed by atoms with van der Waals surface area (Å²) in [7, 11) is 0. The first-order valence-corrected chi connectivity index (χ1v) is 7.77. The minimum atomic E-state index is -0.357. The maximum atomic E-state index is 12.0. The van der Waals surface area contributed by atoms with Crippen LogP contribution in [0, 0.1) is 13.8 Å². The number of hydrogen-bond donors (Lipinski definition) is 1. The van der Waals surface area contributed by atoms with Crippen LogP contribution in [-0.4, -0.2) is 30.8 Å². The largest absolute Gasteiger partial charge is 0.486 e. The number of rotatable bonds is 4. The van der Waals surface area contributed by atoms with Gasteiger partial charge in [0.05, 0.1) is 17.9 Å². The van der Waals surface area contributed by atoms with Crippen LogP contribution in [0.1, 0.15) is 28.5 Å². The van der Waals surface area contributed by atoms with Crippen molar-refractivity contribution in [2.24, 2.45) is 10.2 Å². The Morgan fingerprint density at radius 1 is 1.21 bits per heavy atom. The first-order valence-electron chi connectivity index (χ1n) is 7.77. The Labute approximate surface area is 139 Å². The Kier molecular flexibility index (Phi) is 4.50. The van der Waals surface area contributed by atoms with Crippen molar-refractivity contribution in [2.75, 3.05) is 19.8 Å². The summed E-state index contributed by atoms with van der Waals surface area (Å²) in [6.07, 6.45) is 0. The lowest BCUT2D eigenvalue weighted by Crippen LogP contribution is -2.14. The number of nitrogens with one attached hydrogen (secondary N) is 1. The van der Waals surface area contributed by atoms with Crippen LogP contribution in [0.15, 0.2) is 28.4 Å². The van der Waals surface area contributed by atoms with Crippen molar-refractivity contribution < 1.29 is 19.0 Å². The molecule has 0 amide bonds. The van der Waals surface area contributed by atoms with Crippen molar-refractivity contribution in [3.8, 4) is 11.5 Å². The molecule has 24 heavy (non-hydrogen) atoms. The number of esters is 1. The maximum Gasteiger partial charge on any atom is 0.340 e. The van der Waals surface area contributed by atoms with Crippen LogP contribution in [0.2, 0.25) is 0 Å². The van der Waals surface area contributed by atoms with Gasteiger partial charge < -0.3 is 19.2 Å². The van der Waals surface area contributed by atoms with E-state index in [9.17, 15) is 4.79 Å². The van der Waals surface area contributed by atoms with E-state index in [1.807, 2.05) is 13.8 Å². The highest BCUT2D eigenvalue weighted by atomic mass is 16.6. The summed E-state index contributed by atoms with van der Waals surface area (Å²) in [4.78, 5) is 15.1. The van der Waals surface area contributed by atoms with Gasteiger partial charge in [0.25, 0.3) is 0 Å². The number of azo groups is 1. The minimum absolute atomic E-state index is 0.330. The molecule has 0 atom stereocenters. The molecule has 0 radical (unpaired) electrons. The molecule has 1 N–H and O–H groups in total. The number of aromatic nitrogens is 1. The highest BCUT2D eigenvalue weighted by Gasteiger charge is 2.19. The van der Waals surface area contributed by atoms with Crippen molar-refractivity contribution >= 4 is 17.5 Å². The van der Waals surface area contributed by atoms with Gasteiger partial charge in [0.1, 0.15) is 13.2 Å². The molecule has 0 unspecified atom stereocenters. The normalized spacial score (nSPS) is 13.3. The lowest BCUT2D eigenvalue weighted by Gasteiger charge is -2.17. The Balaban J connectivity index is 1.85. The van der Waals surface area contributed by atoms with Crippen LogP contribution in [0.25, 0.3) is 0 Å². The van der Waals surface area contributed by atoms with Gasteiger partial charge in [-0.05, 0) is 32.9 Å². The van der Waals surface area contributed by atoms with Gasteiger partial charge in [-0.3, -0.25) is 0 Å². The van der Waals surface area contributed by atoms with Crippen molar-refractivity contribution in [3.05, 3.63) is 35.0 Å². The third kappa shape index (κ3) is 3.10. The van der Waals surface area contributed by atoms with E-state index >= 15 is 0 Å². The summed E-state index contributed by atoms with van der Waals surface area (Å²) in [5.74, 6) is 1.54. The lowest BCUT2D eigenvalue weighted by atomic mass is 10.1. The van der Waals surface area contributed by atoms with E-state index in [2.05, 4.69) is 15.2 Å². The van der Waals surface area contributed by atoms with Crippen molar-refractivity contribution in [1.82, 2.24) is 4.98 Å². The number of aromatic amines is 1. The van der Waals surface area contributed by atoms with Crippen LogP contribution < -0.4 is 9.47 Å². The number of nitrogens with zero attached hydrogens (tertiary/aromatic N) is 2. The van der Waals surface area contributed by atoms with Gasteiger partial charge in [-0.15, -0.1) is 10.2 Å². The van der Waals surface area contributed by atoms with Crippen LogP contribution in [0.5, 0.6) is 11.5 Å². The van der Waals surface area contributed by atoms with Crippen molar-refractivity contribution in [2.45, 2.75) is 20.8 Å². The first-order chi connectivity index (χ1) is 11.6. The Hall–Kier alpha value is -2.83.